The second-order valence-corrected chi connectivity index (χ2v) is 3.83. The summed E-state index contributed by atoms with van der Waals surface area (Å²) >= 11 is 0. The third-order valence-electron chi connectivity index (χ3n) is 2.29. The molecule has 5 nitrogen and oxygen atoms in total. The van der Waals surface area contributed by atoms with Gasteiger partial charge < -0.3 is 15.7 Å². The summed E-state index contributed by atoms with van der Waals surface area (Å²) in [6, 6.07) is 1.86. The maximum atomic E-state index is 8.93. The van der Waals surface area contributed by atoms with Crippen molar-refractivity contribution in [2.75, 3.05) is 30.8 Å². The number of aliphatic hydroxyl groups excluding tert-OH is 1. The summed E-state index contributed by atoms with van der Waals surface area (Å²) in [5.74, 6) is 2.64. The van der Waals surface area contributed by atoms with Gasteiger partial charge in [-0.1, -0.05) is 13.8 Å². The number of anilines is 2. The van der Waals surface area contributed by atoms with Crippen molar-refractivity contribution in [1.29, 1.82) is 0 Å². The standard InChI is InChI=1S/C11H20N4O/c1-4-9-14-10(12-3)5-11(15-9)13-6-8(2)7-16/h5,8,16H,4,6-7H2,1-3H3,(H2,12,13,14,15). The molecule has 1 rings (SSSR count). The fourth-order valence-electron chi connectivity index (χ4n) is 1.22. The Morgan fingerprint density at radius 1 is 1.38 bits per heavy atom. The van der Waals surface area contributed by atoms with Crippen LogP contribution in [0.1, 0.15) is 19.7 Å². The van der Waals surface area contributed by atoms with E-state index in [1.807, 2.05) is 27.0 Å². The number of aromatic nitrogens is 2. The summed E-state index contributed by atoms with van der Waals surface area (Å²) in [6.45, 7) is 4.89. The van der Waals surface area contributed by atoms with Gasteiger partial charge in [0.05, 0.1) is 0 Å². The van der Waals surface area contributed by atoms with Crippen LogP contribution in [-0.4, -0.2) is 35.3 Å². The van der Waals surface area contributed by atoms with Gasteiger partial charge in [-0.15, -0.1) is 0 Å². The zero-order valence-corrected chi connectivity index (χ0v) is 10.1. The smallest absolute Gasteiger partial charge is 0.132 e. The first-order chi connectivity index (χ1) is 7.69. The molecule has 0 spiro atoms. The predicted octanol–water partition coefficient (Wildman–Crippen LogP) is 1.12. The van der Waals surface area contributed by atoms with Crippen LogP contribution in [0.2, 0.25) is 0 Å². The largest absolute Gasteiger partial charge is 0.396 e. The Hall–Kier alpha value is -1.36. The first-order valence-electron chi connectivity index (χ1n) is 5.60. The Morgan fingerprint density at radius 3 is 2.62 bits per heavy atom. The molecular weight excluding hydrogens is 204 g/mol. The van der Waals surface area contributed by atoms with Crippen molar-refractivity contribution in [2.24, 2.45) is 5.92 Å². The minimum atomic E-state index is 0.178. The highest BCUT2D eigenvalue weighted by Gasteiger charge is 2.04. The van der Waals surface area contributed by atoms with Gasteiger partial charge in [0.15, 0.2) is 0 Å². The van der Waals surface area contributed by atoms with Crippen LogP contribution in [0.5, 0.6) is 0 Å². The zero-order valence-electron chi connectivity index (χ0n) is 10.1. The molecule has 0 aliphatic carbocycles. The van der Waals surface area contributed by atoms with E-state index in [1.54, 1.807) is 0 Å². The number of rotatable bonds is 6. The normalized spacial score (nSPS) is 12.2. The van der Waals surface area contributed by atoms with Gasteiger partial charge in [0.2, 0.25) is 0 Å². The van der Waals surface area contributed by atoms with Gasteiger partial charge in [-0.25, -0.2) is 9.97 Å². The van der Waals surface area contributed by atoms with E-state index in [0.717, 1.165) is 23.9 Å². The Labute approximate surface area is 96.3 Å². The van der Waals surface area contributed by atoms with E-state index in [0.29, 0.717) is 6.54 Å². The van der Waals surface area contributed by atoms with Crippen molar-refractivity contribution >= 4 is 11.6 Å². The summed E-state index contributed by atoms with van der Waals surface area (Å²) in [7, 11) is 1.84. The highest BCUT2D eigenvalue weighted by Crippen LogP contribution is 2.11. The van der Waals surface area contributed by atoms with Crippen molar-refractivity contribution in [1.82, 2.24) is 9.97 Å². The first-order valence-corrected chi connectivity index (χ1v) is 5.60. The molecule has 1 unspecified atom stereocenters. The molecule has 1 heterocycles. The molecule has 0 bridgehead atoms. The summed E-state index contributed by atoms with van der Waals surface area (Å²) in [5, 5.41) is 15.1. The summed E-state index contributed by atoms with van der Waals surface area (Å²) in [6.07, 6.45) is 0.805. The third kappa shape index (κ3) is 3.66. The summed E-state index contributed by atoms with van der Waals surface area (Å²) < 4.78 is 0. The molecule has 0 aromatic carbocycles. The first kappa shape index (κ1) is 12.7. The molecule has 0 amide bonds. The molecule has 16 heavy (non-hydrogen) atoms. The lowest BCUT2D eigenvalue weighted by atomic mass is 10.2. The van der Waals surface area contributed by atoms with Crippen LogP contribution in [0.3, 0.4) is 0 Å². The average molecular weight is 224 g/mol. The molecular formula is C11H20N4O. The molecule has 0 saturated heterocycles. The van der Waals surface area contributed by atoms with Gasteiger partial charge in [0, 0.05) is 32.7 Å². The maximum absolute atomic E-state index is 8.93. The minimum Gasteiger partial charge on any atom is -0.396 e. The van der Waals surface area contributed by atoms with Crippen molar-refractivity contribution in [3.63, 3.8) is 0 Å². The van der Waals surface area contributed by atoms with Crippen LogP contribution in [0.4, 0.5) is 11.6 Å². The van der Waals surface area contributed by atoms with Crippen molar-refractivity contribution in [3.8, 4) is 0 Å². The van der Waals surface area contributed by atoms with E-state index < -0.39 is 0 Å². The van der Waals surface area contributed by atoms with Crippen LogP contribution < -0.4 is 10.6 Å². The number of aliphatic hydroxyl groups is 1. The fraction of sp³-hybridized carbons (Fsp3) is 0.636. The highest BCUT2D eigenvalue weighted by atomic mass is 16.3. The van der Waals surface area contributed by atoms with Crippen molar-refractivity contribution in [2.45, 2.75) is 20.3 Å². The molecule has 0 fully saturated rings. The molecule has 0 aliphatic heterocycles. The second-order valence-electron chi connectivity index (χ2n) is 3.83. The van der Waals surface area contributed by atoms with Crippen molar-refractivity contribution < 1.29 is 5.11 Å². The van der Waals surface area contributed by atoms with E-state index >= 15 is 0 Å². The second kappa shape index (κ2) is 6.27. The lowest BCUT2D eigenvalue weighted by Crippen LogP contribution is -2.16. The Morgan fingerprint density at radius 2 is 2.06 bits per heavy atom. The number of nitrogens with zero attached hydrogens (tertiary/aromatic N) is 2. The molecule has 0 radical (unpaired) electrons. The quantitative estimate of drug-likeness (QED) is 0.675. The molecule has 0 aliphatic rings. The topological polar surface area (TPSA) is 70.1 Å². The molecule has 0 saturated carbocycles. The van der Waals surface area contributed by atoms with Gasteiger partial charge in [0.1, 0.15) is 17.5 Å². The molecule has 5 heteroatoms. The predicted molar refractivity (Wildman–Crippen MR) is 65.7 cm³/mol. The van der Waals surface area contributed by atoms with Gasteiger partial charge in [-0.2, -0.15) is 0 Å². The Balaban J connectivity index is 2.71. The third-order valence-corrected chi connectivity index (χ3v) is 2.29. The van der Waals surface area contributed by atoms with Gasteiger partial charge in [-0.3, -0.25) is 0 Å². The van der Waals surface area contributed by atoms with Crippen LogP contribution in [-0.2, 0) is 6.42 Å². The van der Waals surface area contributed by atoms with Crippen LogP contribution in [0, 0.1) is 5.92 Å². The number of aryl methyl sites for hydroxylation is 1. The summed E-state index contributed by atoms with van der Waals surface area (Å²) in [4.78, 5) is 8.67. The van der Waals surface area contributed by atoms with E-state index in [2.05, 4.69) is 20.6 Å². The Bertz CT molecular complexity index is 308. The van der Waals surface area contributed by atoms with Crippen LogP contribution in [0.25, 0.3) is 0 Å². The minimum absolute atomic E-state index is 0.178. The van der Waals surface area contributed by atoms with E-state index in [-0.39, 0.29) is 12.5 Å². The van der Waals surface area contributed by atoms with Gasteiger partial charge in [-0.05, 0) is 5.92 Å². The van der Waals surface area contributed by atoms with Gasteiger partial charge in [0.25, 0.3) is 0 Å². The average Bonchev–Trinajstić information content (AvgIpc) is 2.35. The monoisotopic (exact) mass is 224 g/mol. The SMILES string of the molecule is CCc1nc(NC)cc(NCC(C)CO)n1. The molecule has 3 N–H and O–H groups in total. The Kier molecular flexibility index (Phi) is 4.98. The molecule has 90 valence electrons. The van der Waals surface area contributed by atoms with Crippen LogP contribution >= 0.6 is 0 Å². The van der Waals surface area contributed by atoms with Crippen LogP contribution in [0.15, 0.2) is 6.07 Å². The van der Waals surface area contributed by atoms with E-state index in [9.17, 15) is 0 Å². The maximum Gasteiger partial charge on any atom is 0.132 e. The number of nitrogens with one attached hydrogen (secondary N) is 2. The molecule has 1 atom stereocenters. The molecule has 1 aromatic heterocycles. The van der Waals surface area contributed by atoms with Crippen molar-refractivity contribution in [3.05, 3.63) is 11.9 Å². The van der Waals surface area contributed by atoms with E-state index in [4.69, 9.17) is 5.11 Å². The fourth-order valence-corrected chi connectivity index (χ4v) is 1.22. The van der Waals surface area contributed by atoms with E-state index in [1.165, 1.54) is 0 Å². The summed E-state index contributed by atoms with van der Waals surface area (Å²) in [5.41, 5.74) is 0. The lowest BCUT2D eigenvalue weighted by Gasteiger charge is -2.11. The van der Waals surface area contributed by atoms with Gasteiger partial charge >= 0.3 is 0 Å². The number of hydrogen-bond acceptors (Lipinski definition) is 5. The highest BCUT2D eigenvalue weighted by molar-refractivity contribution is 5.47. The zero-order chi connectivity index (χ0) is 12.0. The number of hydrogen-bond donors (Lipinski definition) is 3. The lowest BCUT2D eigenvalue weighted by molar-refractivity contribution is 0.244. The molecule has 1 aromatic rings.